The van der Waals surface area contributed by atoms with Gasteiger partial charge in [-0.2, -0.15) is 5.10 Å². The van der Waals surface area contributed by atoms with Crippen LogP contribution < -0.4 is 5.32 Å². The molecule has 1 N–H and O–H groups in total. The van der Waals surface area contributed by atoms with Gasteiger partial charge in [0.15, 0.2) is 5.11 Å². The first kappa shape index (κ1) is 18.7. The Bertz CT molecular complexity index is 617. The molecule has 1 aromatic heterocycles. The van der Waals surface area contributed by atoms with Crippen LogP contribution in [0.4, 0.5) is 0 Å². The van der Waals surface area contributed by atoms with Gasteiger partial charge in [0.05, 0.1) is 5.69 Å². The second kappa shape index (κ2) is 7.09. The van der Waals surface area contributed by atoms with Gasteiger partial charge in [-0.05, 0) is 30.6 Å². The molecule has 0 aliphatic carbocycles. The second-order valence-corrected chi connectivity index (χ2v) is 8.16. The average molecular weight is 352 g/mol. The van der Waals surface area contributed by atoms with Crippen LogP contribution in [0, 0.1) is 5.92 Å². The van der Waals surface area contributed by atoms with E-state index in [0.29, 0.717) is 23.3 Å². The lowest BCUT2D eigenvalue weighted by Crippen LogP contribution is -2.50. The van der Waals surface area contributed by atoms with Crippen LogP contribution in [-0.2, 0) is 12.5 Å². The summed E-state index contributed by atoms with van der Waals surface area (Å²) in [4.78, 5) is 13.0. The number of nitrogens with one attached hydrogen (secondary N) is 1. The predicted octanol–water partition coefficient (Wildman–Crippen LogP) is 2.31. The first-order chi connectivity index (χ1) is 11.1. The summed E-state index contributed by atoms with van der Waals surface area (Å²) in [5.41, 5.74) is 1.42. The monoisotopic (exact) mass is 351 g/mol. The highest BCUT2D eigenvalue weighted by molar-refractivity contribution is 7.80. The van der Waals surface area contributed by atoms with Crippen LogP contribution in [-0.4, -0.2) is 50.5 Å². The first-order valence-corrected chi connectivity index (χ1v) is 8.93. The molecule has 2 rings (SSSR count). The van der Waals surface area contributed by atoms with Gasteiger partial charge >= 0.3 is 0 Å². The quantitative estimate of drug-likeness (QED) is 0.847. The topological polar surface area (TPSA) is 53.4 Å². The van der Waals surface area contributed by atoms with Crippen molar-refractivity contribution in [2.45, 2.75) is 46.5 Å². The SMILES string of the molecule is CC(C)CNC(=S)N1CCCN1C(=O)c1cc(C(C)(C)C)nn1C. The lowest BCUT2D eigenvalue weighted by molar-refractivity contribution is 0.0480. The van der Waals surface area contributed by atoms with Gasteiger partial charge in [0, 0.05) is 32.1 Å². The van der Waals surface area contributed by atoms with Crippen LogP contribution in [0.25, 0.3) is 0 Å². The van der Waals surface area contributed by atoms with E-state index >= 15 is 0 Å². The van der Waals surface area contributed by atoms with Gasteiger partial charge in [0.1, 0.15) is 5.69 Å². The summed E-state index contributed by atoms with van der Waals surface area (Å²) in [6, 6.07) is 1.89. The number of aryl methyl sites for hydroxylation is 1. The molecule has 1 saturated heterocycles. The van der Waals surface area contributed by atoms with E-state index in [1.54, 1.807) is 9.69 Å². The molecule has 1 aliphatic heterocycles. The third kappa shape index (κ3) is 4.06. The third-order valence-electron chi connectivity index (χ3n) is 4.03. The Hall–Kier alpha value is -1.63. The van der Waals surface area contributed by atoms with E-state index in [0.717, 1.165) is 25.2 Å². The molecular formula is C17H29N5OS. The molecule has 0 spiro atoms. The van der Waals surface area contributed by atoms with E-state index in [1.807, 2.05) is 18.1 Å². The number of carbonyl (C=O) groups is 1. The van der Waals surface area contributed by atoms with Crippen LogP contribution >= 0.6 is 12.2 Å². The minimum Gasteiger partial charge on any atom is -0.361 e. The highest BCUT2D eigenvalue weighted by Crippen LogP contribution is 2.23. The van der Waals surface area contributed by atoms with Crippen molar-refractivity contribution in [2.24, 2.45) is 13.0 Å². The van der Waals surface area contributed by atoms with E-state index in [-0.39, 0.29) is 11.3 Å². The molecule has 1 fully saturated rings. The Morgan fingerprint density at radius 2 is 1.96 bits per heavy atom. The number of carbonyl (C=O) groups excluding carboxylic acids is 1. The van der Waals surface area contributed by atoms with E-state index in [4.69, 9.17) is 12.2 Å². The zero-order valence-electron chi connectivity index (χ0n) is 15.6. The van der Waals surface area contributed by atoms with Gasteiger partial charge in [-0.3, -0.25) is 14.5 Å². The maximum atomic E-state index is 13.0. The molecule has 24 heavy (non-hydrogen) atoms. The molecule has 0 unspecified atom stereocenters. The van der Waals surface area contributed by atoms with Crippen molar-refractivity contribution in [3.8, 4) is 0 Å². The fourth-order valence-corrected chi connectivity index (χ4v) is 2.86. The van der Waals surface area contributed by atoms with Crippen molar-refractivity contribution in [3.05, 3.63) is 17.5 Å². The number of amides is 1. The van der Waals surface area contributed by atoms with Crippen LogP contribution in [0.3, 0.4) is 0 Å². The van der Waals surface area contributed by atoms with Crippen molar-refractivity contribution < 1.29 is 4.79 Å². The number of hydrogen-bond acceptors (Lipinski definition) is 3. The normalized spacial score (nSPS) is 15.3. The third-order valence-corrected chi connectivity index (χ3v) is 4.38. The molecule has 0 bridgehead atoms. The Morgan fingerprint density at radius 3 is 2.50 bits per heavy atom. The van der Waals surface area contributed by atoms with Crippen molar-refractivity contribution >= 4 is 23.2 Å². The highest BCUT2D eigenvalue weighted by Gasteiger charge is 2.32. The zero-order chi connectivity index (χ0) is 18.1. The standard InChI is InChI=1S/C17H29N5OS/c1-12(2)11-18-16(24)22-9-7-8-21(22)15(23)13-10-14(17(3,4)5)19-20(13)6/h10,12H,7-9,11H2,1-6H3,(H,18,24). The smallest absolute Gasteiger partial charge is 0.290 e. The van der Waals surface area contributed by atoms with Crippen molar-refractivity contribution in [3.63, 3.8) is 0 Å². The van der Waals surface area contributed by atoms with E-state index in [1.165, 1.54) is 0 Å². The molecule has 6 nitrogen and oxygen atoms in total. The first-order valence-electron chi connectivity index (χ1n) is 8.53. The van der Waals surface area contributed by atoms with Gasteiger partial charge < -0.3 is 5.32 Å². The number of hydrazine groups is 1. The fraction of sp³-hybridized carbons (Fsp3) is 0.706. The molecule has 0 atom stereocenters. The average Bonchev–Trinajstić information content (AvgIpc) is 3.09. The van der Waals surface area contributed by atoms with Crippen LogP contribution in [0.15, 0.2) is 6.07 Å². The minimum atomic E-state index is -0.0882. The van der Waals surface area contributed by atoms with Crippen molar-refractivity contribution in [1.29, 1.82) is 0 Å². The summed E-state index contributed by atoms with van der Waals surface area (Å²) in [6.45, 7) is 12.8. The molecule has 1 amide bonds. The summed E-state index contributed by atoms with van der Waals surface area (Å²) in [6.07, 6.45) is 0.916. The highest BCUT2D eigenvalue weighted by atomic mass is 32.1. The summed E-state index contributed by atoms with van der Waals surface area (Å²) in [7, 11) is 1.82. The minimum absolute atomic E-state index is 0.0494. The molecular weight excluding hydrogens is 322 g/mol. The maximum absolute atomic E-state index is 13.0. The maximum Gasteiger partial charge on any atom is 0.290 e. The lowest BCUT2D eigenvalue weighted by atomic mass is 9.92. The molecule has 7 heteroatoms. The molecule has 1 aromatic rings. The van der Waals surface area contributed by atoms with Gasteiger partial charge in [0.2, 0.25) is 0 Å². The lowest BCUT2D eigenvalue weighted by Gasteiger charge is -2.30. The number of aromatic nitrogens is 2. The Labute approximate surface area is 150 Å². The fourth-order valence-electron chi connectivity index (χ4n) is 2.58. The van der Waals surface area contributed by atoms with Crippen LogP contribution in [0.5, 0.6) is 0 Å². The largest absolute Gasteiger partial charge is 0.361 e. The van der Waals surface area contributed by atoms with Gasteiger partial charge in [0.25, 0.3) is 5.91 Å². The predicted molar refractivity (Wildman–Crippen MR) is 99.7 cm³/mol. The second-order valence-electron chi connectivity index (χ2n) is 7.77. The van der Waals surface area contributed by atoms with E-state index in [9.17, 15) is 4.79 Å². The molecule has 0 saturated carbocycles. The molecule has 0 aromatic carbocycles. The summed E-state index contributed by atoms with van der Waals surface area (Å²) < 4.78 is 1.67. The number of rotatable bonds is 3. The van der Waals surface area contributed by atoms with E-state index in [2.05, 4.69) is 45.0 Å². The molecule has 134 valence electrons. The number of hydrogen-bond donors (Lipinski definition) is 1. The van der Waals surface area contributed by atoms with Gasteiger partial charge in [-0.15, -0.1) is 0 Å². The van der Waals surface area contributed by atoms with Crippen molar-refractivity contribution in [1.82, 2.24) is 25.1 Å². The summed E-state index contributed by atoms with van der Waals surface area (Å²) >= 11 is 5.47. The summed E-state index contributed by atoms with van der Waals surface area (Å²) in [5.74, 6) is 0.452. The molecule has 1 aliphatic rings. The molecule has 2 heterocycles. The Balaban J connectivity index is 2.16. The number of thiocarbonyl (C=S) groups is 1. The van der Waals surface area contributed by atoms with Gasteiger partial charge in [-0.25, -0.2) is 5.01 Å². The van der Waals surface area contributed by atoms with Crippen LogP contribution in [0.1, 0.15) is 57.2 Å². The van der Waals surface area contributed by atoms with Crippen LogP contribution in [0.2, 0.25) is 0 Å². The van der Waals surface area contributed by atoms with Gasteiger partial charge in [-0.1, -0.05) is 34.6 Å². The van der Waals surface area contributed by atoms with E-state index < -0.39 is 0 Å². The Morgan fingerprint density at radius 1 is 1.33 bits per heavy atom. The number of nitrogens with zero attached hydrogens (tertiary/aromatic N) is 4. The zero-order valence-corrected chi connectivity index (χ0v) is 16.4. The summed E-state index contributed by atoms with van der Waals surface area (Å²) in [5, 5.41) is 12.0. The molecule has 0 radical (unpaired) electrons. The Kier molecular flexibility index (Phi) is 5.52. The van der Waals surface area contributed by atoms with Crippen molar-refractivity contribution in [2.75, 3.05) is 19.6 Å².